The van der Waals surface area contributed by atoms with Crippen molar-refractivity contribution in [3.63, 3.8) is 0 Å². The molecular formula is C17H9F4NO2. The first kappa shape index (κ1) is 15.9. The Morgan fingerprint density at radius 3 is 2.29 bits per heavy atom. The second-order valence-electron chi connectivity index (χ2n) is 4.94. The lowest BCUT2D eigenvalue weighted by atomic mass is 10.1. The number of hydrogen-bond donors (Lipinski definition) is 0. The molecule has 0 fully saturated rings. The molecule has 0 amide bonds. The summed E-state index contributed by atoms with van der Waals surface area (Å²) in [7, 11) is 0. The molecule has 0 aliphatic carbocycles. The van der Waals surface area contributed by atoms with E-state index in [0.717, 1.165) is 12.1 Å². The predicted molar refractivity (Wildman–Crippen MR) is 78.5 cm³/mol. The number of alkyl halides is 3. The maximum atomic E-state index is 13.7. The first-order valence-corrected chi connectivity index (χ1v) is 6.79. The Hall–Kier alpha value is -2.96. The lowest BCUT2D eigenvalue weighted by Gasteiger charge is -2.05. The van der Waals surface area contributed by atoms with Gasteiger partial charge in [-0.3, -0.25) is 0 Å². The lowest BCUT2D eigenvalue weighted by molar-refractivity contribution is -0.137. The third-order valence-electron chi connectivity index (χ3n) is 3.27. The van der Waals surface area contributed by atoms with E-state index in [2.05, 4.69) is 4.99 Å². The Bertz CT molecular complexity index is 852. The highest BCUT2D eigenvalue weighted by atomic mass is 19.4. The van der Waals surface area contributed by atoms with E-state index in [0.29, 0.717) is 5.56 Å². The molecule has 2 aromatic rings. The van der Waals surface area contributed by atoms with E-state index >= 15 is 0 Å². The number of carbonyl (C=O) groups excluding carboxylic acids is 1. The minimum atomic E-state index is -4.44. The normalized spacial score (nSPS) is 16.2. The first-order chi connectivity index (χ1) is 11.3. The van der Waals surface area contributed by atoms with Gasteiger partial charge in [0.25, 0.3) is 0 Å². The van der Waals surface area contributed by atoms with Gasteiger partial charge < -0.3 is 4.74 Å². The van der Waals surface area contributed by atoms with Crippen molar-refractivity contribution < 1.29 is 27.1 Å². The summed E-state index contributed by atoms with van der Waals surface area (Å²) in [4.78, 5) is 15.7. The van der Waals surface area contributed by atoms with Crippen LogP contribution in [0.15, 0.2) is 59.2 Å². The maximum Gasteiger partial charge on any atom is 0.416 e. The number of ether oxygens (including phenoxy) is 1. The third kappa shape index (κ3) is 3.19. The van der Waals surface area contributed by atoms with Crippen molar-refractivity contribution in [2.45, 2.75) is 6.18 Å². The Morgan fingerprint density at radius 1 is 1.00 bits per heavy atom. The van der Waals surface area contributed by atoms with E-state index in [1.54, 1.807) is 6.07 Å². The van der Waals surface area contributed by atoms with Gasteiger partial charge in [-0.05, 0) is 35.9 Å². The number of nitrogens with zero attached hydrogens (tertiary/aromatic N) is 1. The molecule has 0 spiro atoms. The molecule has 1 aliphatic heterocycles. The number of hydrogen-bond acceptors (Lipinski definition) is 3. The second kappa shape index (κ2) is 5.92. The summed E-state index contributed by atoms with van der Waals surface area (Å²) in [6, 6.07) is 9.86. The van der Waals surface area contributed by atoms with Crippen LogP contribution in [-0.2, 0) is 15.7 Å². The van der Waals surface area contributed by atoms with E-state index in [1.165, 1.54) is 36.4 Å². The van der Waals surface area contributed by atoms with E-state index in [4.69, 9.17) is 4.74 Å². The quantitative estimate of drug-likeness (QED) is 0.469. The zero-order chi connectivity index (χ0) is 17.3. The summed E-state index contributed by atoms with van der Waals surface area (Å²) >= 11 is 0. The van der Waals surface area contributed by atoms with Gasteiger partial charge in [-0.15, -0.1) is 0 Å². The van der Waals surface area contributed by atoms with Crippen LogP contribution < -0.4 is 0 Å². The number of carbonyl (C=O) groups is 1. The topological polar surface area (TPSA) is 38.7 Å². The van der Waals surface area contributed by atoms with Gasteiger partial charge in [0.15, 0.2) is 5.70 Å². The van der Waals surface area contributed by atoms with Crippen LogP contribution in [0, 0.1) is 5.82 Å². The van der Waals surface area contributed by atoms with Gasteiger partial charge in [-0.25, -0.2) is 14.2 Å². The van der Waals surface area contributed by atoms with E-state index in [1.807, 2.05) is 0 Å². The van der Waals surface area contributed by atoms with E-state index in [9.17, 15) is 22.4 Å². The highest BCUT2D eigenvalue weighted by Gasteiger charge is 2.30. The zero-order valence-electron chi connectivity index (χ0n) is 12.0. The van der Waals surface area contributed by atoms with Crippen LogP contribution in [0.5, 0.6) is 0 Å². The number of halogens is 4. The molecule has 1 aliphatic rings. The molecule has 1 heterocycles. The van der Waals surface area contributed by atoms with Gasteiger partial charge in [0.2, 0.25) is 5.90 Å². The molecule has 2 aromatic carbocycles. The van der Waals surface area contributed by atoms with Gasteiger partial charge in [-0.1, -0.05) is 24.3 Å². The first-order valence-electron chi connectivity index (χ1n) is 6.79. The number of esters is 1. The van der Waals surface area contributed by atoms with Crippen LogP contribution in [0.2, 0.25) is 0 Å². The molecule has 3 rings (SSSR count). The van der Waals surface area contributed by atoms with Crippen LogP contribution in [-0.4, -0.2) is 11.9 Å². The van der Waals surface area contributed by atoms with Gasteiger partial charge >= 0.3 is 12.1 Å². The van der Waals surface area contributed by atoms with Gasteiger partial charge in [0, 0.05) is 0 Å². The van der Waals surface area contributed by atoms with Crippen LogP contribution in [0.3, 0.4) is 0 Å². The molecular weight excluding hydrogens is 326 g/mol. The summed E-state index contributed by atoms with van der Waals surface area (Å²) < 4.78 is 56.1. The molecule has 0 bridgehead atoms. The largest absolute Gasteiger partial charge is 0.416 e. The summed E-state index contributed by atoms with van der Waals surface area (Å²) in [5.41, 5.74) is -0.544. The standard InChI is InChI=1S/C17H9F4NO2/c18-13-4-2-1-3-12(13)15-22-14(16(23)24-15)9-10-5-7-11(8-6-10)17(19,20)21/h1-9H/b14-9-. The summed E-state index contributed by atoms with van der Waals surface area (Å²) in [6.07, 6.45) is -3.16. The monoisotopic (exact) mass is 335 g/mol. The Balaban J connectivity index is 1.90. The molecule has 0 radical (unpaired) electrons. The van der Waals surface area contributed by atoms with Crippen molar-refractivity contribution in [3.8, 4) is 0 Å². The molecule has 0 saturated carbocycles. The Morgan fingerprint density at radius 2 is 1.67 bits per heavy atom. The Labute approximate surface area is 133 Å². The fourth-order valence-electron chi connectivity index (χ4n) is 2.09. The molecule has 24 heavy (non-hydrogen) atoms. The van der Waals surface area contributed by atoms with Crippen molar-refractivity contribution in [2.24, 2.45) is 4.99 Å². The van der Waals surface area contributed by atoms with Gasteiger partial charge in [0.05, 0.1) is 11.1 Å². The van der Waals surface area contributed by atoms with Crippen molar-refractivity contribution in [1.82, 2.24) is 0 Å². The van der Waals surface area contributed by atoms with Crippen LogP contribution in [0.1, 0.15) is 16.7 Å². The Kier molecular flexibility index (Phi) is 3.92. The fraction of sp³-hybridized carbons (Fsp3) is 0.0588. The molecule has 3 nitrogen and oxygen atoms in total. The average molecular weight is 335 g/mol. The van der Waals surface area contributed by atoms with Crippen molar-refractivity contribution in [2.75, 3.05) is 0 Å². The molecule has 0 saturated heterocycles. The third-order valence-corrected chi connectivity index (χ3v) is 3.27. The van der Waals surface area contributed by atoms with Crippen LogP contribution in [0.25, 0.3) is 6.08 Å². The minimum absolute atomic E-state index is 0.0293. The van der Waals surface area contributed by atoms with Crippen molar-refractivity contribution in [1.29, 1.82) is 0 Å². The summed E-state index contributed by atoms with van der Waals surface area (Å²) in [6.45, 7) is 0. The number of benzene rings is 2. The van der Waals surface area contributed by atoms with Crippen LogP contribution in [0.4, 0.5) is 17.6 Å². The molecule has 7 heteroatoms. The van der Waals surface area contributed by atoms with E-state index in [-0.39, 0.29) is 17.2 Å². The summed E-state index contributed by atoms with van der Waals surface area (Å²) in [5, 5.41) is 0. The number of cyclic esters (lactones) is 1. The van der Waals surface area contributed by atoms with Crippen molar-refractivity contribution in [3.05, 3.63) is 76.7 Å². The van der Waals surface area contributed by atoms with Crippen molar-refractivity contribution >= 4 is 17.9 Å². The lowest BCUT2D eigenvalue weighted by Crippen LogP contribution is -2.07. The average Bonchev–Trinajstić information content (AvgIpc) is 2.88. The summed E-state index contributed by atoms with van der Waals surface area (Å²) in [5.74, 6) is -1.58. The molecule has 0 aromatic heterocycles. The highest BCUT2D eigenvalue weighted by molar-refractivity contribution is 6.12. The molecule has 0 N–H and O–H groups in total. The molecule has 0 atom stereocenters. The SMILES string of the molecule is O=C1OC(c2ccccc2F)=N/C1=C\c1ccc(C(F)(F)F)cc1. The number of rotatable bonds is 2. The smallest absolute Gasteiger partial charge is 0.402 e. The number of aliphatic imine (C=N–C) groups is 1. The predicted octanol–water partition coefficient (Wildman–Crippen LogP) is 4.19. The zero-order valence-corrected chi connectivity index (χ0v) is 12.0. The van der Waals surface area contributed by atoms with Crippen LogP contribution >= 0.6 is 0 Å². The van der Waals surface area contributed by atoms with Gasteiger partial charge in [-0.2, -0.15) is 13.2 Å². The second-order valence-corrected chi connectivity index (χ2v) is 4.94. The van der Waals surface area contributed by atoms with Gasteiger partial charge in [0.1, 0.15) is 5.82 Å². The maximum absolute atomic E-state index is 13.7. The van der Waals surface area contributed by atoms with E-state index < -0.39 is 23.5 Å². The molecule has 0 unspecified atom stereocenters. The minimum Gasteiger partial charge on any atom is -0.402 e. The molecule has 122 valence electrons. The fourth-order valence-corrected chi connectivity index (χ4v) is 2.09. The highest BCUT2D eigenvalue weighted by Crippen LogP contribution is 2.29.